The van der Waals surface area contributed by atoms with Crippen molar-refractivity contribution in [1.29, 1.82) is 0 Å². The minimum Gasteiger partial charge on any atom is -0.358 e. The number of hydrogen-bond acceptors (Lipinski definition) is 3. The number of aryl methyl sites for hydroxylation is 1. The Kier molecular flexibility index (Phi) is 2.43. The third kappa shape index (κ3) is 1.83. The van der Waals surface area contributed by atoms with Gasteiger partial charge in [-0.1, -0.05) is 5.10 Å². The molecule has 1 aromatic heterocycles. The number of aromatic nitrogens is 2. The van der Waals surface area contributed by atoms with Crippen molar-refractivity contribution in [1.82, 2.24) is 10.2 Å². The van der Waals surface area contributed by atoms with E-state index in [-0.39, 0.29) is 5.82 Å². The molecule has 1 N–H and O–H groups in total. The maximum Gasteiger partial charge on any atom is 0.342 e. The molecular formula is C7H7N3O2. The van der Waals surface area contributed by atoms with E-state index in [9.17, 15) is 10.1 Å². The van der Waals surface area contributed by atoms with Gasteiger partial charge in [-0.25, -0.2) is 0 Å². The van der Waals surface area contributed by atoms with Gasteiger partial charge in [0.2, 0.25) is 0 Å². The van der Waals surface area contributed by atoms with Crippen molar-refractivity contribution >= 4 is 5.82 Å². The van der Waals surface area contributed by atoms with E-state index in [1.165, 1.54) is 6.07 Å². The number of terminal acetylenes is 1. The largest absolute Gasteiger partial charge is 0.358 e. The Morgan fingerprint density at radius 3 is 3.08 bits per heavy atom. The maximum absolute atomic E-state index is 10.2. The lowest BCUT2D eigenvalue weighted by atomic mass is 10.2. The van der Waals surface area contributed by atoms with Crippen molar-refractivity contribution < 1.29 is 4.92 Å². The van der Waals surface area contributed by atoms with Gasteiger partial charge in [0.05, 0.1) is 11.8 Å². The average Bonchev–Trinajstić information content (AvgIpc) is 2.48. The Bertz CT molecular complexity index is 324. The highest BCUT2D eigenvalue weighted by Gasteiger charge is 2.08. The van der Waals surface area contributed by atoms with Crippen LogP contribution in [0, 0.1) is 22.5 Å². The van der Waals surface area contributed by atoms with Crippen LogP contribution in [0.5, 0.6) is 0 Å². The van der Waals surface area contributed by atoms with Gasteiger partial charge >= 0.3 is 5.82 Å². The summed E-state index contributed by atoms with van der Waals surface area (Å²) in [5.74, 6) is 2.34. The summed E-state index contributed by atoms with van der Waals surface area (Å²) in [6.07, 6.45) is 6.14. The lowest BCUT2D eigenvalue weighted by Gasteiger charge is -1.85. The molecule has 0 radical (unpaired) electrons. The topological polar surface area (TPSA) is 71.8 Å². The van der Waals surface area contributed by atoms with Gasteiger partial charge in [0.1, 0.15) is 0 Å². The van der Waals surface area contributed by atoms with Gasteiger partial charge < -0.3 is 10.1 Å². The molecule has 62 valence electrons. The minimum absolute atomic E-state index is 0.0954. The highest BCUT2D eigenvalue weighted by Crippen LogP contribution is 2.08. The van der Waals surface area contributed by atoms with Crippen LogP contribution in [0.2, 0.25) is 0 Å². The number of rotatable bonds is 3. The van der Waals surface area contributed by atoms with Crippen LogP contribution in [0.15, 0.2) is 6.07 Å². The van der Waals surface area contributed by atoms with Crippen molar-refractivity contribution in [2.75, 3.05) is 0 Å². The number of nitrogens with one attached hydrogen (secondary N) is 1. The molecule has 0 saturated heterocycles. The zero-order chi connectivity index (χ0) is 8.97. The quantitative estimate of drug-likeness (QED) is 0.410. The van der Waals surface area contributed by atoms with Gasteiger partial charge in [0.25, 0.3) is 0 Å². The molecule has 0 fully saturated rings. The highest BCUT2D eigenvalue weighted by atomic mass is 16.6. The number of H-pyrrole nitrogens is 1. The summed E-state index contributed by atoms with van der Waals surface area (Å²) in [6.45, 7) is 0. The van der Waals surface area contributed by atoms with Gasteiger partial charge in [0.15, 0.2) is 0 Å². The fourth-order valence-corrected chi connectivity index (χ4v) is 0.773. The third-order valence-corrected chi connectivity index (χ3v) is 1.34. The van der Waals surface area contributed by atoms with E-state index < -0.39 is 4.92 Å². The molecule has 0 aromatic carbocycles. The van der Waals surface area contributed by atoms with Crippen molar-refractivity contribution in [2.45, 2.75) is 12.8 Å². The van der Waals surface area contributed by atoms with E-state index in [2.05, 4.69) is 16.1 Å². The fourth-order valence-electron chi connectivity index (χ4n) is 0.773. The second kappa shape index (κ2) is 3.53. The molecule has 0 unspecified atom stereocenters. The summed E-state index contributed by atoms with van der Waals surface area (Å²) < 4.78 is 0. The number of aromatic amines is 1. The summed E-state index contributed by atoms with van der Waals surface area (Å²) >= 11 is 0. The fraction of sp³-hybridized carbons (Fsp3) is 0.286. The van der Waals surface area contributed by atoms with Crippen molar-refractivity contribution in [3.05, 3.63) is 21.9 Å². The highest BCUT2D eigenvalue weighted by molar-refractivity contribution is 5.20. The van der Waals surface area contributed by atoms with Gasteiger partial charge in [-0.05, 0) is 4.92 Å². The summed E-state index contributed by atoms with van der Waals surface area (Å²) in [5, 5.41) is 16.2. The zero-order valence-electron chi connectivity index (χ0n) is 6.28. The van der Waals surface area contributed by atoms with E-state index in [1.54, 1.807) is 0 Å². The number of hydrogen-bond donors (Lipinski definition) is 1. The van der Waals surface area contributed by atoms with Crippen molar-refractivity contribution in [3.63, 3.8) is 0 Å². The Labute approximate surface area is 68.9 Å². The summed E-state index contributed by atoms with van der Waals surface area (Å²) in [5.41, 5.74) is 0.625. The van der Waals surface area contributed by atoms with Crippen LogP contribution in [0.1, 0.15) is 12.1 Å². The second-order valence-electron chi connectivity index (χ2n) is 2.21. The van der Waals surface area contributed by atoms with Crippen LogP contribution < -0.4 is 0 Å². The lowest BCUT2D eigenvalue weighted by Crippen LogP contribution is -1.86. The first-order valence-electron chi connectivity index (χ1n) is 3.36. The normalized spacial score (nSPS) is 9.25. The summed E-state index contributed by atoms with van der Waals surface area (Å²) in [6, 6.07) is 1.39. The molecule has 5 heteroatoms. The number of nitro groups is 1. The molecule has 0 aliphatic carbocycles. The average molecular weight is 165 g/mol. The first-order valence-corrected chi connectivity index (χ1v) is 3.36. The molecule has 0 amide bonds. The molecular weight excluding hydrogens is 158 g/mol. The van der Waals surface area contributed by atoms with E-state index >= 15 is 0 Å². The van der Waals surface area contributed by atoms with Crippen LogP contribution in [0.4, 0.5) is 5.82 Å². The monoisotopic (exact) mass is 165 g/mol. The predicted molar refractivity (Wildman–Crippen MR) is 42.4 cm³/mol. The molecule has 1 heterocycles. The standard InChI is InChI=1S/C7H7N3O2/c1-2-3-4-6-5-7(9-8-6)10(11)12/h1,5H,3-4H2,(H,8,9). The van der Waals surface area contributed by atoms with Crippen LogP contribution in [-0.4, -0.2) is 15.1 Å². The first kappa shape index (κ1) is 8.27. The molecule has 0 bridgehead atoms. The molecule has 0 aliphatic rings. The smallest absolute Gasteiger partial charge is 0.342 e. The molecule has 5 nitrogen and oxygen atoms in total. The Morgan fingerprint density at radius 2 is 2.58 bits per heavy atom. The van der Waals surface area contributed by atoms with Crippen LogP contribution >= 0.6 is 0 Å². The summed E-state index contributed by atoms with van der Waals surface area (Å²) in [7, 11) is 0. The van der Waals surface area contributed by atoms with Crippen molar-refractivity contribution in [3.8, 4) is 12.3 Å². The van der Waals surface area contributed by atoms with E-state index in [1.807, 2.05) is 0 Å². The van der Waals surface area contributed by atoms with Gasteiger partial charge in [-0.2, -0.15) is 0 Å². The molecule has 1 rings (SSSR count). The van der Waals surface area contributed by atoms with E-state index in [4.69, 9.17) is 6.42 Å². The van der Waals surface area contributed by atoms with E-state index in [0.29, 0.717) is 18.5 Å². The molecule has 0 saturated carbocycles. The molecule has 12 heavy (non-hydrogen) atoms. The molecule has 1 aromatic rings. The first-order chi connectivity index (χ1) is 5.74. The van der Waals surface area contributed by atoms with Gasteiger partial charge in [0, 0.05) is 12.8 Å². The zero-order valence-corrected chi connectivity index (χ0v) is 6.28. The predicted octanol–water partition coefficient (Wildman–Crippen LogP) is 0.884. The molecule has 0 aliphatic heterocycles. The Hall–Kier alpha value is -1.83. The van der Waals surface area contributed by atoms with Gasteiger partial charge in [-0.3, -0.25) is 0 Å². The second-order valence-corrected chi connectivity index (χ2v) is 2.21. The lowest BCUT2D eigenvalue weighted by molar-refractivity contribution is -0.389. The van der Waals surface area contributed by atoms with Gasteiger partial charge in [-0.15, -0.1) is 17.4 Å². The molecule has 0 spiro atoms. The van der Waals surface area contributed by atoms with Crippen molar-refractivity contribution in [2.24, 2.45) is 0 Å². The SMILES string of the molecule is C#CCCc1cc([N+](=O)[O-])[nH]n1. The Balaban J connectivity index is 2.66. The van der Waals surface area contributed by atoms with Crippen LogP contribution in [0.3, 0.4) is 0 Å². The Morgan fingerprint density at radius 1 is 1.83 bits per heavy atom. The molecule has 0 atom stereocenters. The van der Waals surface area contributed by atoms with Crippen LogP contribution in [0.25, 0.3) is 0 Å². The van der Waals surface area contributed by atoms with Crippen LogP contribution in [-0.2, 0) is 6.42 Å². The van der Waals surface area contributed by atoms with E-state index in [0.717, 1.165) is 0 Å². The maximum atomic E-state index is 10.2. The number of nitrogens with zero attached hydrogens (tertiary/aromatic N) is 2. The third-order valence-electron chi connectivity index (χ3n) is 1.34. The summed E-state index contributed by atoms with van der Waals surface area (Å²) in [4.78, 5) is 9.66. The minimum atomic E-state index is -0.521.